The SMILES string of the molecule is Cc1ccc(C(O)[C@H](N)CO)cc1. The fourth-order valence-electron chi connectivity index (χ4n) is 1.11. The molecule has 0 saturated carbocycles. The van der Waals surface area contributed by atoms with Crippen molar-refractivity contribution >= 4 is 0 Å². The quantitative estimate of drug-likeness (QED) is 0.630. The van der Waals surface area contributed by atoms with E-state index in [1.165, 1.54) is 0 Å². The van der Waals surface area contributed by atoms with Crippen molar-refractivity contribution in [2.45, 2.75) is 19.1 Å². The van der Waals surface area contributed by atoms with Crippen molar-refractivity contribution in [3.05, 3.63) is 35.4 Å². The molecule has 0 heterocycles. The van der Waals surface area contributed by atoms with E-state index in [1.54, 1.807) is 0 Å². The highest BCUT2D eigenvalue weighted by molar-refractivity contribution is 5.23. The van der Waals surface area contributed by atoms with Gasteiger partial charge < -0.3 is 15.9 Å². The molecule has 0 fully saturated rings. The molecule has 0 aromatic heterocycles. The Bertz CT molecular complexity index is 258. The molecule has 72 valence electrons. The van der Waals surface area contributed by atoms with Crippen LogP contribution in [0.15, 0.2) is 24.3 Å². The van der Waals surface area contributed by atoms with Crippen LogP contribution in [0.1, 0.15) is 17.2 Å². The van der Waals surface area contributed by atoms with Gasteiger partial charge in [-0.3, -0.25) is 0 Å². The molecule has 1 aromatic rings. The minimum Gasteiger partial charge on any atom is -0.395 e. The van der Waals surface area contributed by atoms with Crippen LogP contribution in [0.4, 0.5) is 0 Å². The summed E-state index contributed by atoms with van der Waals surface area (Å²) in [6, 6.07) is 6.83. The topological polar surface area (TPSA) is 66.5 Å². The molecule has 0 amide bonds. The summed E-state index contributed by atoms with van der Waals surface area (Å²) >= 11 is 0. The number of hydrogen-bond acceptors (Lipinski definition) is 3. The molecule has 0 aliphatic heterocycles. The van der Waals surface area contributed by atoms with Crippen molar-refractivity contribution in [3.63, 3.8) is 0 Å². The molecule has 0 aliphatic carbocycles. The van der Waals surface area contributed by atoms with Gasteiger partial charge in [0.05, 0.1) is 18.8 Å². The largest absolute Gasteiger partial charge is 0.395 e. The Morgan fingerprint density at radius 2 is 1.85 bits per heavy atom. The van der Waals surface area contributed by atoms with Crippen molar-refractivity contribution in [2.24, 2.45) is 5.73 Å². The average molecular weight is 181 g/mol. The first-order chi connectivity index (χ1) is 6.15. The Kier molecular flexibility index (Phi) is 3.42. The third kappa shape index (κ3) is 2.52. The summed E-state index contributed by atoms with van der Waals surface area (Å²) in [6.07, 6.45) is -0.786. The van der Waals surface area contributed by atoms with E-state index < -0.39 is 12.1 Å². The molecular formula is C10H15NO2. The normalized spacial score (nSPS) is 15.4. The first-order valence-electron chi connectivity index (χ1n) is 4.26. The van der Waals surface area contributed by atoms with E-state index >= 15 is 0 Å². The van der Waals surface area contributed by atoms with E-state index in [1.807, 2.05) is 31.2 Å². The zero-order valence-corrected chi connectivity index (χ0v) is 7.64. The molecule has 0 bridgehead atoms. The van der Waals surface area contributed by atoms with Crippen LogP contribution in [0.3, 0.4) is 0 Å². The summed E-state index contributed by atoms with van der Waals surface area (Å²) in [4.78, 5) is 0. The average Bonchev–Trinajstić information content (AvgIpc) is 2.17. The van der Waals surface area contributed by atoms with Gasteiger partial charge in [-0.1, -0.05) is 29.8 Å². The molecule has 2 atom stereocenters. The lowest BCUT2D eigenvalue weighted by Crippen LogP contribution is -2.31. The zero-order chi connectivity index (χ0) is 9.84. The predicted octanol–water partition coefficient (Wildman–Crippen LogP) is 0.348. The minimum absolute atomic E-state index is 0.213. The van der Waals surface area contributed by atoms with Gasteiger partial charge >= 0.3 is 0 Å². The van der Waals surface area contributed by atoms with Crippen molar-refractivity contribution in [1.82, 2.24) is 0 Å². The van der Waals surface area contributed by atoms with Crippen molar-refractivity contribution in [2.75, 3.05) is 6.61 Å². The molecule has 1 rings (SSSR count). The van der Waals surface area contributed by atoms with Gasteiger partial charge in [-0.2, -0.15) is 0 Å². The third-order valence-corrected chi connectivity index (χ3v) is 2.04. The van der Waals surface area contributed by atoms with Crippen molar-refractivity contribution < 1.29 is 10.2 Å². The Morgan fingerprint density at radius 3 is 2.31 bits per heavy atom. The maximum Gasteiger partial charge on any atom is 0.0963 e. The van der Waals surface area contributed by atoms with Crippen LogP contribution in [0.5, 0.6) is 0 Å². The van der Waals surface area contributed by atoms with Gasteiger partial charge in [0.2, 0.25) is 0 Å². The molecule has 3 nitrogen and oxygen atoms in total. The van der Waals surface area contributed by atoms with Crippen LogP contribution in [-0.2, 0) is 0 Å². The lowest BCUT2D eigenvalue weighted by molar-refractivity contribution is 0.109. The molecule has 0 spiro atoms. The van der Waals surface area contributed by atoms with Gasteiger partial charge in [-0.05, 0) is 12.5 Å². The van der Waals surface area contributed by atoms with E-state index in [0.717, 1.165) is 11.1 Å². The van der Waals surface area contributed by atoms with Gasteiger partial charge in [0.15, 0.2) is 0 Å². The van der Waals surface area contributed by atoms with E-state index in [4.69, 9.17) is 10.8 Å². The van der Waals surface area contributed by atoms with E-state index in [9.17, 15) is 5.11 Å². The molecule has 4 N–H and O–H groups in total. The van der Waals surface area contributed by atoms with E-state index in [2.05, 4.69) is 0 Å². The van der Waals surface area contributed by atoms with E-state index in [-0.39, 0.29) is 6.61 Å². The summed E-state index contributed by atoms with van der Waals surface area (Å²) in [7, 11) is 0. The molecular weight excluding hydrogens is 166 g/mol. The van der Waals surface area contributed by atoms with Crippen LogP contribution in [0, 0.1) is 6.92 Å². The minimum atomic E-state index is -0.786. The summed E-state index contributed by atoms with van der Waals surface area (Å²) in [5, 5.41) is 18.3. The second-order valence-corrected chi connectivity index (χ2v) is 3.20. The number of rotatable bonds is 3. The maximum absolute atomic E-state index is 9.59. The Labute approximate surface area is 77.8 Å². The fraction of sp³-hybridized carbons (Fsp3) is 0.400. The highest BCUT2D eigenvalue weighted by Gasteiger charge is 2.14. The van der Waals surface area contributed by atoms with Crippen molar-refractivity contribution in [3.8, 4) is 0 Å². The number of aliphatic hydroxyl groups excluding tert-OH is 2. The highest BCUT2D eigenvalue weighted by atomic mass is 16.3. The van der Waals surface area contributed by atoms with Gasteiger partial charge in [-0.15, -0.1) is 0 Å². The summed E-state index contributed by atoms with van der Waals surface area (Å²) in [5.74, 6) is 0. The first kappa shape index (κ1) is 10.2. The molecule has 0 saturated heterocycles. The molecule has 3 heteroatoms. The van der Waals surface area contributed by atoms with Gasteiger partial charge in [-0.25, -0.2) is 0 Å². The standard InChI is InChI=1S/C10H15NO2/c1-7-2-4-8(5-3-7)10(13)9(11)6-12/h2-5,9-10,12-13H,6,11H2,1H3/t9-,10?/m1/s1. The van der Waals surface area contributed by atoms with Crippen molar-refractivity contribution in [1.29, 1.82) is 0 Å². The number of nitrogens with two attached hydrogens (primary N) is 1. The summed E-state index contributed by atoms with van der Waals surface area (Å²) < 4.78 is 0. The molecule has 0 aliphatic rings. The smallest absolute Gasteiger partial charge is 0.0963 e. The predicted molar refractivity (Wildman–Crippen MR) is 51.2 cm³/mol. The number of aryl methyl sites for hydroxylation is 1. The number of hydrogen-bond donors (Lipinski definition) is 3. The van der Waals surface area contributed by atoms with Gasteiger partial charge in [0.25, 0.3) is 0 Å². The number of benzene rings is 1. The fourth-order valence-corrected chi connectivity index (χ4v) is 1.11. The monoisotopic (exact) mass is 181 g/mol. The number of aliphatic hydroxyl groups is 2. The van der Waals surface area contributed by atoms with Crippen LogP contribution in [0.25, 0.3) is 0 Å². The van der Waals surface area contributed by atoms with Gasteiger partial charge in [0.1, 0.15) is 0 Å². The first-order valence-corrected chi connectivity index (χ1v) is 4.26. The second kappa shape index (κ2) is 4.37. The zero-order valence-electron chi connectivity index (χ0n) is 7.64. The lowest BCUT2D eigenvalue weighted by atomic mass is 10.0. The summed E-state index contributed by atoms with van der Waals surface area (Å²) in [5.41, 5.74) is 7.36. The van der Waals surface area contributed by atoms with E-state index in [0.29, 0.717) is 0 Å². The second-order valence-electron chi connectivity index (χ2n) is 3.20. The molecule has 0 radical (unpaired) electrons. The maximum atomic E-state index is 9.59. The molecule has 1 unspecified atom stereocenters. The van der Waals surface area contributed by atoms with Crippen LogP contribution in [0.2, 0.25) is 0 Å². The lowest BCUT2D eigenvalue weighted by Gasteiger charge is -2.16. The summed E-state index contributed by atoms with van der Waals surface area (Å²) in [6.45, 7) is 1.76. The van der Waals surface area contributed by atoms with Crippen LogP contribution >= 0.6 is 0 Å². The van der Waals surface area contributed by atoms with Gasteiger partial charge in [0, 0.05) is 0 Å². The molecule has 13 heavy (non-hydrogen) atoms. The molecule has 1 aromatic carbocycles. The third-order valence-electron chi connectivity index (χ3n) is 2.04. The Morgan fingerprint density at radius 1 is 1.31 bits per heavy atom. The highest BCUT2D eigenvalue weighted by Crippen LogP contribution is 2.15. The van der Waals surface area contributed by atoms with Crippen LogP contribution in [-0.4, -0.2) is 22.9 Å². The Hall–Kier alpha value is -0.900. The van der Waals surface area contributed by atoms with Crippen LogP contribution < -0.4 is 5.73 Å². The Balaban J connectivity index is 2.77.